The number of aromatic nitrogens is 2. The van der Waals surface area contributed by atoms with E-state index in [1.165, 1.54) is 0 Å². The quantitative estimate of drug-likeness (QED) is 0.893. The molecule has 0 saturated carbocycles. The monoisotopic (exact) mass is 373 g/mol. The van der Waals surface area contributed by atoms with Crippen LogP contribution < -0.4 is 10.1 Å². The molecule has 0 aliphatic heterocycles. The molecule has 0 aliphatic rings. The fourth-order valence-electron chi connectivity index (χ4n) is 1.62. The number of hydrogen-bond acceptors (Lipinski definition) is 3. The van der Waals surface area contributed by atoms with E-state index in [0.29, 0.717) is 0 Å². The van der Waals surface area contributed by atoms with Crippen molar-refractivity contribution >= 4 is 31.9 Å². The first kappa shape index (κ1) is 13.6. The SMILES string of the molecule is CNCc1ccn(-c2cc(OC)c(Br)cc2Br)n1. The largest absolute Gasteiger partial charge is 0.495 e. The number of nitrogens with zero attached hydrogens (tertiary/aromatic N) is 2. The summed E-state index contributed by atoms with van der Waals surface area (Å²) in [5, 5.41) is 7.56. The van der Waals surface area contributed by atoms with Gasteiger partial charge in [0.1, 0.15) is 5.75 Å². The van der Waals surface area contributed by atoms with Crippen LogP contribution in [0.5, 0.6) is 5.75 Å². The Morgan fingerprint density at radius 3 is 2.78 bits per heavy atom. The van der Waals surface area contributed by atoms with E-state index in [1.54, 1.807) is 7.11 Å². The third-order valence-electron chi connectivity index (χ3n) is 2.47. The van der Waals surface area contributed by atoms with E-state index in [2.05, 4.69) is 42.3 Å². The third kappa shape index (κ3) is 2.76. The Labute approximate surface area is 123 Å². The lowest BCUT2D eigenvalue weighted by Crippen LogP contribution is -2.06. The number of ether oxygens (including phenoxy) is 1. The second-order valence-electron chi connectivity index (χ2n) is 3.72. The number of rotatable bonds is 4. The average Bonchev–Trinajstić information content (AvgIpc) is 2.78. The normalized spacial score (nSPS) is 10.7. The summed E-state index contributed by atoms with van der Waals surface area (Å²) in [6, 6.07) is 5.87. The van der Waals surface area contributed by atoms with E-state index in [-0.39, 0.29) is 0 Å². The van der Waals surface area contributed by atoms with Crippen molar-refractivity contribution in [3.63, 3.8) is 0 Å². The summed E-state index contributed by atoms with van der Waals surface area (Å²) >= 11 is 6.98. The van der Waals surface area contributed by atoms with Gasteiger partial charge in [-0.2, -0.15) is 5.10 Å². The van der Waals surface area contributed by atoms with Crippen LogP contribution in [0.15, 0.2) is 33.3 Å². The Hall–Kier alpha value is -0.850. The molecule has 6 heteroatoms. The summed E-state index contributed by atoms with van der Waals surface area (Å²) in [7, 11) is 3.55. The van der Waals surface area contributed by atoms with Crippen molar-refractivity contribution < 1.29 is 4.74 Å². The van der Waals surface area contributed by atoms with Crippen molar-refractivity contribution in [1.82, 2.24) is 15.1 Å². The molecule has 0 amide bonds. The van der Waals surface area contributed by atoms with Crippen LogP contribution in [0.3, 0.4) is 0 Å². The van der Waals surface area contributed by atoms with Gasteiger partial charge in [-0.05, 0) is 51.0 Å². The molecule has 2 aromatic rings. The summed E-state index contributed by atoms with van der Waals surface area (Å²) in [6.07, 6.45) is 1.93. The highest BCUT2D eigenvalue weighted by molar-refractivity contribution is 9.11. The molecule has 0 spiro atoms. The molecule has 96 valence electrons. The van der Waals surface area contributed by atoms with Gasteiger partial charge in [0.05, 0.1) is 23.0 Å². The molecular weight excluding hydrogens is 362 g/mol. The fraction of sp³-hybridized carbons (Fsp3) is 0.250. The lowest BCUT2D eigenvalue weighted by atomic mass is 10.3. The summed E-state index contributed by atoms with van der Waals surface area (Å²) in [5.41, 5.74) is 1.93. The zero-order valence-corrected chi connectivity index (χ0v) is 13.2. The van der Waals surface area contributed by atoms with Crippen molar-refractivity contribution in [3.05, 3.63) is 39.0 Å². The fourth-order valence-corrected chi connectivity index (χ4v) is 2.96. The first-order valence-electron chi connectivity index (χ1n) is 5.38. The first-order chi connectivity index (χ1) is 8.65. The van der Waals surface area contributed by atoms with Crippen LogP contribution in [-0.4, -0.2) is 23.9 Å². The van der Waals surface area contributed by atoms with Crippen LogP contribution in [0.4, 0.5) is 0 Å². The van der Waals surface area contributed by atoms with Crippen molar-refractivity contribution in [3.8, 4) is 11.4 Å². The van der Waals surface area contributed by atoms with Crippen molar-refractivity contribution in [2.45, 2.75) is 6.54 Å². The van der Waals surface area contributed by atoms with E-state index in [9.17, 15) is 0 Å². The molecule has 18 heavy (non-hydrogen) atoms. The highest BCUT2D eigenvalue weighted by Crippen LogP contribution is 2.33. The predicted molar refractivity (Wildman–Crippen MR) is 78.3 cm³/mol. The van der Waals surface area contributed by atoms with E-state index < -0.39 is 0 Å². The van der Waals surface area contributed by atoms with Crippen molar-refractivity contribution in [2.75, 3.05) is 14.2 Å². The van der Waals surface area contributed by atoms with E-state index >= 15 is 0 Å². The van der Waals surface area contributed by atoms with Gasteiger partial charge in [0.25, 0.3) is 0 Å². The maximum atomic E-state index is 5.30. The number of methoxy groups -OCH3 is 1. The molecule has 0 fully saturated rings. The molecule has 0 radical (unpaired) electrons. The first-order valence-corrected chi connectivity index (χ1v) is 6.97. The molecule has 1 aromatic carbocycles. The van der Waals surface area contributed by atoms with Gasteiger partial charge in [-0.3, -0.25) is 0 Å². The van der Waals surface area contributed by atoms with E-state index in [0.717, 1.165) is 32.6 Å². The second-order valence-corrected chi connectivity index (χ2v) is 5.43. The molecule has 0 unspecified atom stereocenters. The Balaban J connectivity index is 2.42. The minimum atomic E-state index is 0.748. The smallest absolute Gasteiger partial charge is 0.135 e. The number of halogens is 2. The van der Waals surface area contributed by atoms with Gasteiger partial charge in [0.15, 0.2) is 0 Å². The van der Waals surface area contributed by atoms with Gasteiger partial charge in [-0.25, -0.2) is 4.68 Å². The molecule has 0 aliphatic carbocycles. The minimum Gasteiger partial charge on any atom is -0.495 e. The Kier molecular flexibility index (Phi) is 4.42. The standard InChI is InChI=1S/C12H13Br2N3O/c1-15-7-8-3-4-17(16-8)11-6-12(18-2)10(14)5-9(11)13/h3-6,15H,7H2,1-2H3. The van der Waals surface area contributed by atoms with Gasteiger partial charge < -0.3 is 10.1 Å². The summed E-state index contributed by atoms with van der Waals surface area (Å²) in [4.78, 5) is 0. The summed E-state index contributed by atoms with van der Waals surface area (Å²) in [5.74, 6) is 0.777. The Morgan fingerprint density at radius 2 is 2.11 bits per heavy atom. The van der Waals surface area contributed by atoms with Crippen molar-refractivity contribution in [1.29, 1.82) is 0 Å². The zero-order chi connectivity index (χ0) is 13.1. The Morgan fingerprint density at radius 1 is 1.33 bits per heavy atom. The van der Waals surface area contributed by atoms with Crippen LogP contribution in [0.25, 0.3) is 5.69 Å². The van der Waals surface area contributed by atoms with Gasteiger partial charge in [0.2, 0.25) is 0 Å². The van der Waals surface area contributed by atoms with Gasteiger partial charge in [-0.1, -0.05) is 0 Å². The minimum absolute atomic E-state index is 0.748. The summed E-state index contributed by atoms with van der Waals surface area (Å²) < 4.78 is 8.98. The molecular formula is C12H13Br2N3O. The number of hydrogen-bond donors (Lipinski definition) is 1. The van der Waals surface area contributed by atoms with E-state index in [1.807, 2.05) is 36.1 Å². The molecule has 0 bridgehead atoms. The lowest BCUT2D eigenvalue weighted by Gasteiger charge is -2.09. The topological polar surface area (TPSA) is 39.1 Å². The highest BCUT2D eigenvalue weighted by atomic mass is 79.9. The van der Waals surface area contributed by atoms with Crippen LogP contribution in [0, 0.1) is 0 Å². The van der Waals surface area contributed by atoms with Crippen LogP contribution in [0.2, 0.25) is 0 Å². The molecule has 0 saturated heterocycles. The van der Waals surface area contributed by atoms with Gasteiger partial charge in [0, 0.05) is 23.3 Å². The predicted octanol–water partition coefficient (Wildman–Crippen LogP) is 3.13. The van der Waals surface area contributed by atoms with Gasteiger partial charge in [-0.15, -0.1) is 0 Å². The van der Waals surface area contributed by atoms with E-state index in [4.69, 9.17) is 4.74 Å². The van der Waals surface area contributed by atoms with Crippen LogP contribution in [0.1, 0.15) is 5.69 Å². The third-order valence-corrected chi connectivity index (χ3v) is 3.73. The van der Waals surface area contributed by atoms with Gasteiger partial charge >= 0.3 is 0 Å². The highest BCUT2D eigenvalue weighted by Gasteiger charge is 2.10. The molecule has 1 N–H and O–H groups in total. The van der Waals surface area contributed by atoms with Crippen LogP contribution in [-0.2, 0) is 6.54 Å². The lowest BCUT2D eigenvalue weighted by molar-refractivity contribution is 0.411. The zero-order valence-electron chi connectivity index (χ0n) is 10.1. The molecule has 2 rings (SSSR count). The van der Waals surface area contributed by atoms with Crippen molar-refractivity contribution in [2.24, 2.45) is 0 Å². The maximum absolute atomic E-state index is 5.30. The molecule has 1 heterocycles. The maximum Gasteiger partial charge on any atom is 0.135 e. The second kappa shape index (κ2) is 5.86. The van der Waals surface area contributed by atoms with Crippen LogP contribution >= 0.6 is 31.9 Å². The molecule has 1 aromatic heterocycles. The number of benzene rings is 1. The molecule has 4 nitrogen and oxygen atoms in total. The summed E-state index contributed by atoms with van der Waals surface area (Å²) in [6.45, 7) is 0.748. The number of nitrogens with one attached hydrogen (secondary N) is 1. The average molecular weight is 375 g/mol. The Bertz CT molecular complexity index is 554. The molecule has 0 atom stereocenters.